The molecule has 0 saturated carbocycles. The van der Waals surface area contributed by atoms with Crippen LogP contribution in [-0.2, 0) is 4.74 Å². The summed E-state index contributed by atoms with van der Waals surface area (Å²) in [7, 11) is 0. The molecule has 3 heteroatoms. The maximum absolute atomic E-state index is 8.53. The van der Waals surface area contributed by atoms with Gasteiger partial charge in [0.1, 0.15) is 12.6 Å². The second-order valence-corrected chi connectivity index (χ2v) is 3.19. The van der Waals surface area contributed by atoms with Crippen molar-refractivity contribution in [2.75, 3.05) is 32.8 Å². The van der Waals surface area contributed by atoms with Crippen molar-refractivity contribution < 1.29 is 14.7 Å². The Morgan fingerprint density at radius 1 is 1.36 bits per heavy atom. The van der Waals surface area contributed by atoms with Crippen LogP contribution in [-0.4, -0.2) is 44.1 Å². The van der Waals surface area contributed by atoms with Crippen molar-refractivity contribution >= 4 is 0 Å². The third kappa shape index (κ3) is 6.90. The van der Waals surface area contributed by atoms with E-state index in [1.165, 1.54) is 4.90 Å². The number of nitrogens with one attached hydrogen (secondary N) is 1. The van der Waals surface area contributed by atoms with Crippen molar-refractivity contribution in [3.05, 3.63) is 0 Å². The molecule has 0 amide bonds. The number of aliphatic hydroxyl groups excluding tert-OH is 1. The van der Waals surface area contributed by atoms with Crippen molar-refractivity contribution in [3.63, 3.8) is 0 Å². The van der Waals surface area contributed by atoms with Crippen LogP contribution >= 0.6 is 0 Å². The summed E-state index contributed by atoms with van der Waals surface area (Å²) in [6.07, 6.45) is -0.0721. The van der Waals surface area contributed by atoms with E-state index < -0.39 is 0 Å². The van der Waals surface area contributed by atoms with Crippen LogP contribution in [0.2, 0.25) is 0 Å². The SMILES string of the molecule is CC[NH+](CC)CC#C[C@H](C)OCCO. The molecule has 2 N–H and O–H groups in total. The smallest absolute Gasteiger partial charge is 0.139 e. The number of hydrogen-bond acceptors (Lipinski definition) is 2. The van der Waals surface area contributed by atoms with E-state index in [-0.39, 0.29) is 12.7 Å². The van der Waals surface area contributed by atoms with E-state index in [4.69, 9.17) is 9.84 Å². The highest BCUT2D eigenvalue weighted by Gasteiger charge is 1.98. The summed E-state index contributed by atoms with van der Waals surface area (Å²) in [4.78, 5) is 1.48. The van der Waals surface area contributed by atoms with Crippen molar-refractivity contribution in [2.24, 2.45) is 0 Å². The summed E-state index contributed by atoms with van der Waals surface area (Å²) in [6, 6.07) is 0. The molecule has 0 spiro atoms. The van der Waals surface area contributed by atoms with E-state index in [2.05, 4.69) is 25.7 Å². The second kappa shape index (κ2) is 9.01. The summed E-state index contributed by atoms with van der Waals surface area (Å²) in [6.45, 7) is 9.74. The second-order valence-electron chi connectivity index (χ2n) is 3.19. The summed E-state index contributed by atoms with van der Waals surface area (Å²) in [5.74, 6) is 6.11. The molecule has 0 saturated heterocycles. The number of aliphatic hydroxyl groups is 1. The summed E-state index contributed by atoms with van der Waals surface area (Å²) in [5.41, 5.74) is 0. The molecule has 14 heavy (non-hydrogen) atoms. The van der Waals surface area contributed by atoms with Crippen LogP contribution in [0.15, 0.2) is 0 Å². The average Bonchev–Trinajstić information content (AvgIpc) is 2.21. The van der Waals surface area contributed by atoms with Gasteiger partial charge < -0.3 is 14.7 Å². The fourth-order valence-electron chi connectivity index (χ4n) is 1.09. The van der Waals surface area contributed by atoms with Gasteiger partial charge in [0.25, 0.3) is 0 Å². The zero-order valence-corrected chi connectivity index (χ0v) is 9.47. The van der Waals surface area contributed by atoms with Crippen LogP contribution in [0.25, 0.3) is 0 Å². The summed E-state index contributed by atoms with van der Waals surface area (Å²) < 4.78 is 5.21. The zero-order valence-electron chi connectivity index (χ0n) is 9.47. The van der Waals surface area contributed by atoms with Gasteiger partial charge in [0.2, 0.25) is 0 Å². The minimum atomic E-state index is -0.0721. The molecular formula is C11H22NO2+. The molecule has 3 nitrogen and oxygen atoms in total. The molecule has 1 atom stereocenters. The number of quaternary nitrogens is 1. The monoisotopic (exact) mass is 200 g/mol. The molecule has 0 fully saturated rings. The fraction of sp³-hybridized carbons (Fsp3) is 0.818. The van der Waals surface area contributed by atoms with Crippen LogP contribution in [0.5, 0.6) is 0 Å². The Morgan fingerprint density at radius 3 is 2.50 bits per heavy atom. The largest absolute Gasteiger partial charge is 0.394 e. The molecule has 0 aliphatic carbocycles. The van der Waals surface area contributed by atoms with E-state index in [0.717, 1.165) is 19.6 Å². The summed E-state index contributed by atoms with van der Waals surface area (Å²) in [5, 5.41) is 8.53. The van der Waals surface area contributed by atoms with Crippen molar-refractivity contribution in [1.29, 1.82) is 0 Å². The Morgan fingerprint density at radius 2 is 2.00 bits per heavy atom. The lowest BCUT2D eigenvalue weighted by Crippen LogP contribution is -3.11. The normalized spacial score (nSPS) is 12.4. The Balaban J connectivity index is 3.68. The average molecular weight is 200 g/mol. The molecule has 0 aromatic heterocycles. The van der Waals surface area contributed by atoms with Gasteiger partial charge in [-0.1, -0.05) is 5.92 Å². The highest BCUT2D eigenvalue weighted by Crippen LogP contribution is 1.85. The van der Waals surface area contributed by atoms with Crippen molar-refractivity contribution in [2.45, 2.75) is 26.9 Å². The minimum absolute atomic E-state index is 0.0628. The van der Waals surface area contributed by atoms with E-state index >= 15 is 0 Å². The quantitative estimate of drug-likeness (QED) is 0.557. The lowest BCUT2D eigenvalue weighted by molar-refractivity contribution is -0.889. The molecule has 0 heterocycles. The van der Waals surface area contributed by atoms with Crippen molar-refractivity contribution in [1.82, 2.24) is 0 Å². The number of ether oxygens (including phenoxy) is 1. The molecule has 0 aromatic carbocycles. The van der Waals surface area contributed by atoms with Gasteiger partial charge in [-0.3, -0.25) is 0 Å². The Bertz CT molecular complexity index is 179. The molecule has 0 aliphatic heterocycles. The van der Waals surface area contributed by atoms with Gasteiger partial charge in [0.05, 0.1) is 26.3 Å². The first-order valence-electron chi connectivity index (χ1n) is 5.29. The molecule has 0 bridgehead atoms. The van der Waals surface area contributed by atoms with Gasteiger partial charge in [0, 0.05) is 0 Å². The third-order valence-corrected chi connectivity index (χ3v) is 2.10. The van der Waals surface area contributed by atoms with Gasteiger partial charge >= 0.3 is 0 Å². The first-order chi connectivity index (χ1) is 6.74. The Labute approximate surface area is 87.1 Å². The Hall–Kier alpha value is -0.560. The van der Waals surface area contributed by atoms with Crippen LogP contribution in [0.4, 0.5) is 0 Å². The molecule has 0 radical (unpaired) electrons. The maximum atomic E-state index is 8.53. The highest BCUT2D eigenvalue weighted by molar-refractivity contribution is 5.03. The topological polar surface area (TPSA) is 33.9 Å². The molecular weight excluding hydrogens is 178 g/mol. The molecule has 0 aromatic rings. The molecule has 0 rings (SSSR count). The van der Waals surface area contributed by atoms with Crippen LogP contribution in [0, 0.1) is 11.8 Å². The van der Waals surface area contributed by atoms with Gasteiger partial charge in [-0.25, -0.2) is 0 Å². The first-order valence-corrected chi connectivity index (χ1v) is 5.29. The van der Waals surface area contributed by atoms with Crippen molar-refractivity contribution in [3.8, 4) is 11.8 Å². The van der Waals surface area contributed by atoms with E-state index in [1.807, 2.05) is 6.92 Å². The first kappa shape index (κ1) is 13.4. The standard InChI is InChI=1S/C11H21NO2/c1-4-12(5-2)8-6-7-11(3)14-10-9-13/h11,13H,4-5,8-10H2,1-3H3/p+1/t11-/m0/s1. The third-order valence-electron chi connectivity index (χ3n) is 2.10. The summed E-state index contributed by atoms with van der Waals surface area (Å²) >= 11 is 0. The zero-order chi connectivity index (χ0) is 10.8. The van der Waals surface area contributed by atoms with Gasteiger partial charge in [-0.2, -0.15) is 0 Å². The van der Waals surface area contributed by atoms with Crippen LogP contribution in [0.1, 0.15) is 20.8 Å². The lowest BCUT2D eigenvalue weighted by Gasteiger charge is -2.11. The lowest BCUT2D eigenvalue weighted by atomic mass is 10.4. The van der Waals surface area contributed by atoms with E-state index in [9.17, 15) is 0 Å². The Kier molecular flexibility index (Phi) is 8.65. The molecule has 82 valence electrons. The number of rotatable bonds is 6. The predicted molar refractivity (Wildman–Crippen MR) is 57.2 cm³/mol. The maximum Gasteiger partial charge on any atom is 0.139 e. The van der Waals surface area contributed by atoms with Gasteiger partial charge in [-0.15, -0.1) is 0 Å². The molecule has 0 unspecified atom stereocenters. The van der Waals surface area contributed by atoms with Crippen LogP contribution < -0.4 is 4.90 Å². The predicted octanol–water partition coefficient (Wildman–Crippen LogP) is -0.688. The van der Waals surface area contributed by atoms with E-state index in [0.29, 0.717) is 6.61 Å². The highest BCUT2D eigenvalue weighted by atomic mass is 16.5. The minimum Gasteiger partial charge on any atom is -0.394 e. The van der Waals surface area contributed by atoms with Gasteiger partial charge in [0.15, 0.2) is 0 Å². The number of hydrogen-bond donors (Lipinski definition) is 2. The molecule has 0 aliphatic rings. The van der Waals surface area contributed by atoms with Gasteiger partial charge in [-0.05, 0) is 26.7 Å². The van der Waals surface area contributed by atoms with E-state index in [1.54, 1.807) is 0 Å². The fourth-order valence-corrected chi connectivity index (χ4v) is 1.09. The van der Waals surface area contributed by atoms with Crippen LogP contribution in [0.3, 0.4) is 0 Å².